The summed E-state index contributed by atoms with van der Waals surface area (Å²) < 4.78 is 4.84. The van der Waals surface area contributed by atoms with Gasteiger partial charge in [0.15, 0.2) is 0 Å². The van der Waals surface area contributed by atoms with E-state index in [0.717, 1.165) is 45.0 Å². The van der Waals surface area contributed by atoms with Crippen molar-refractivity contribution in [2.24, 2.45) is 0 Å². The van der Waals surface area contributed by atoms with E-state index >= 15 is 0 Å². The molecule has 0 aliphatic heterocycles. The van der Waals surface area contributed by atoms with Crippen LogP contribution in [0.3, 0.4) is 0 Å². The maximum atomic E-state index is 5.28. The van der Waals surface area contributed by atoms with Crippen molar-refractivity contribution in [1.82, 2.24) is 14.1 Å². The van der Waals surface area contributed by atoms with Crippen molar-refractivity contribution in [2.45, 2.75) is 0 Å². The number of hydrogen-bond donors (Lipinski definition) is 0. The summed E-state index contributed by atoms with van der Waals surface area (Å²) in [4.78, 5) is 5.28. The first-order valence-corrected chi connectivity index (χ1v) is 21.2. The van der Waals surface area contributed by atoms with Gasteiger partial charge in [0.1, 0.15) is 0 Å². The Morgan fingerprint density at radius 2 is 0.613 bits per heavy atom. The molecule has 0 aliphatic rings. The predicted molar refractivity (Wildman–Crippen MR) is 260 cm³/mol. The van der Waals surface area contributed by atoms with Gasteiger partial charge in [-0.2, -0.15) is 0 Å². The Bertz CT molecular complexity index is 3560. The summed E-state index contributed by atoms with van der Waals surface area (Å²) in [5.41, 5.74) is 18.0. The van der Waals surface area contributed by atoms with E-state index in [0.29, 0.717) is 0 Å². The summed E-state index contributed by atoms with van der Waals surface area (Å²) in [5.74, 6) is 0. The van der Waals surface area contributed by atoms with Crippen molar-refractivity contribution in [3.63, 3.8) is 0 Å². The largest absolute Gasteiger partial charge is 0.309 e. The van der Waals surface area contributed by atoms with Crippen LogP contribution in [-0.2, 0) is 0 Å². The summed E-state index contributed by atoms with van der Waals surface area (Å²) in [6.07, 6.45) is 0. The highest BCUT2D eigenvalue weighted by molar-refractivity contribution is 6.12. The van der Waals surface area contributed by atoms with Gasteiger partial charge in [-0.15, -0.1) is 0 Å². The van der Waals surface area contributed by atoms with Gasteiger partial charge in [-0.25, -0.2) is 4.98 Å². The first-order valence-electron chi connectivity index (χ1n) is 21.2. The Kier molecular flexibility index (Phi) is 8.50. The molecule has 3 heterocycles. The number of benzene rings is 9. The fraction of sp³-hybridized carbons (Fsp3) is 0. The molecule has 0 saturated heterocycles. The Balaban J connectivity index is 1.01. The van der Waals surface area contributed by atoms with Gasteiger partial charge in [0.05, 0.1) is 33.5 Å². The van der Waals surface area contributed by atoms with Gasteiger partial charge < -0.3 is 9.13 Å². The highest BCUT2D eigenvalue weighted by atomic mass is 15.0. The van der Waals surface area contributed by atoms with Crippen LogP contribution in [0.1, 0.15) is 0 Å². The van der Waals surface area contributed by atoms with Gasteiger partial charge in [-0.3, -0.25) is 0 Å². The quantitative estimate of drug-likeness (QED) is 0.158. The highest BCUT2D eigenvalue weighted by Crippen LogP contribution is 2.39. The molecule has 0 fully saturated rings. The summed E-state index contributed by atoms with van der Waals surface area (Å²) in [5, 5.41) is 4.93. The number of rotatable bonds is 7. The van der Waals surface area contributed by atoms with Crippen molar-refractivity contribution in [2.75, 3.05) is 0 Å². The molecule has 12 rings (SSSR count). The van der Waals surface area contributed by atoms with Crippen molar-refractivity contribution in [3.05, 3.63) is 237 Å². The molecular formula is C59H39N3. The minimum Gasteiger partial charge on any atom is -0.309 e. The maximum Gasteiger partial charge on any atom is 0.0716 e. The molecule has 0 bridgehead atoms. The van der Waals surface area contributed by atoms with Crippen molar-refractivity contribution in [1.29, 1.82) is 0 Å². The van der Waals surface area contributed by atoms with E-state index in [1.54, 1.807) is 0 Å². The number of aromatic nitrogens is 3. The Morgan fingerprint density at radius 1 is 0.226 bits per heavy atom. The highest BCUT2D eigenvalue weighted by Gasteiger charge is 2.18. The van der Waals surface area contributed by atoms with Crippen LogP contribution in [0.4, 0.5) is 0 Å². The van der Waals surface area contributed by atoms with E-state index in [1.165, 1.54) is 65.9 Å². The monoisotopic (exact) mass is 789 g/mol. The second-order valence-corrected chi connectivity index (χ2v) is 16.0. The molecule has 0 unspecified atom stereocenters. The fourth-order valence-electron chi connectivity index (χ4n) is 9.35. The maximum absolute atomic E-state index is 5.28. The molecule has 3 nitrogen and oxygen atoms in total. The summed E-state index contributed by atoms with van der Waals surface area (Å²) in [6, 6.07) is 85.3. The number of nitrogens with zero attached hydrogens (tertiary/aromatic N) is 3. The lowest BCUT2D eigenvalue weighted by molar-refractivity contribution is 1.18. The lowest BCUT2D eigenvalue weighted by Gasteiger charge is -2.13. The molecule has 62 heavy (non-hydrogen) atoms. The fourth-order valence-corrected chi connectivity index (χ4v) is 9.35. The number of hydrogen-bond acceptors (Lipinski definition) is 1. The first kappa shape index (κ1) is 35.7. The minimum atomic E-state index is 0.937. The number of fused-ring (bicyclic) bond motifs is 6. The van der Waals surface area contributed by atoms with Gasteiger partial charge >= 0.3 is 0 Å². The molecule has 290 valence electrons. The van der Waals surface area contributed by atoms with Gasteiger partial charge in [-0.05, 0) is 94.0 Å². The Labute approximate surface area is 360 Å². The first-order chi connectivity index (χ1) is 30.7. The lowest BCUT2D eigenvalue weighted by atomic mass is 10.00. The van der Waals surface area contributed by atoms with Crippen LogP contribution in [0.5, 0.6) is 0 Å². The van der Waals surface area contributed by atoms with E-state index in [-0.39, 0.29) is 0 Å². The zero-order chi connectivity index (χ0) is 41.0. The predicted octanol–water partition coefficient (Wildman–Crippen LogP) is 15.6. The molecule has 0 radical (unpaired) electrons. The smallest absolute Gasteiger partial charge is 0.0716 e. The van der Waals surface area contributed by atoms with Crippen LogP contribution in [0.25, 0.3) is 111 Å². The van der Waals surface area contributed by atoms with Crippen molar-refractivity contribution >= 4 is 43.6 Å². The zero-order valence-corrected chi connectivity index (χ0v) is 33.9. The summed E-state index contributed by atoms with van der Waals surface area (Å²) in [7, 11) is 0. The van der Waals surface area contributed by atoms with E-state index in [2.05, 4.69) is 246 Å². The second kappa shape index (κ2) is 14.8. The molecule has 0 aliphatic carbocycles. The molecule has 0 amide bonds. The average Bonchev–Trinajstić information content (AvgIpc) is 3.87. The molecule has 12 aromatic rings. The van der Waals surface area contributed by atoms with E-state index < -0.39 is 0 Å². The minimum absolute atomic E-state index is 0.937. The Hall–Kier alpha value is -8.27. The molecule has 9 aromatic carbocycles. The second-order valence-electron chi connectivity index (χ2n) is 16.0. The molecular weight excluding hydrogens is 751 g/mol. The topological polar surface area (TPSA) is 22.8 Å². The zero-order valence-electron chi connectivity index (χ0n) is 33.9. The molecule has 3 heteroatoms. The molecule has 0 saturated carbocycles. The van der Waals surface area contributed by atoms with Crippen LogP contribution in [0, 0.1) is 0 Å². The number of para-hydroxylation sites is 2. The third kappa shape index (κ3) is 6.10. The third-order valence-electron chi connectivity index (χ3n) is 12.3. The SMILES string of the molecule is c1ccc(-c2cccc(-n3c4ccccc4c4ccc(-c5ccc6c7ccccc7n(-c7cccc(-c8cc(-c9ccccc9)cc(-c9ccccc9)n8)c7)c6c5)cc43)c2)cc1. The molecule has 0 spiro atoms. The van der Waals surface area contributed by atoms with Crippen molar-refractivity contribution < 1.29 is 0 Å². The van der Waals surface area contributed by atoms with Gasteiger partial charge in [0.2, 0.25) is 0 Å². The molecule has 0 atom stereocenters. The van der Waals surface area contributed by atoms with Crippen molar-refractivity contribution in [3.8, 4) is 67.3 Å². The van der Waals surface area contributed by atoms with Crippen LogP contribution in [0.2, 0.25) is 0 Å². The van der Waals surface area contributed by atoms with E-state index in [4.69, 9.17) is 4.98 Å². The van der Waals surface area contributed by atoms with Crippen LogP contribution >= 0.6 is 0 Å². The van der Waals surface area contributed by atoms with Crippen LogP contribution in [0.15, 0.2) is 237 Å². The van der Waals surface area contributed by atoms with Gasteiger partial charge in [0, 0.05) is 44.0 Å². The van der Waals surface area contributed by atoms with Crippen LogP contribution in [-0.4, -0.2) is 14.1 Å². The van der Waals surface area contributed by atoms with E-state index in [9.17, 15) is 0 Å². The summed E-state index contributed by atoms with van der Waals surface area (Å²) >= 11 is 0. The Morgan fingerprint density at radius 3 is 1.16 bits per heavy atom. The average molecular weight is 790 g/mol. The standard InChI is InChI=1S/C59H39N3/c1-4-16-40(17-5-1)43-22-14-24-48(34-43)61-56-28-12-10-26-50(56)52-32-30-44(38-58(52)61)45-31-33-53-51-27-11-13-29-57(51)62(59(53)39-45)49-25-15-23-46(35-49)55-37-47(41-18-6-2-7-19-41)36-54(60-55)42-20-8-3-9-21-42/h1-39H. The molecule has 0 N–H and O–H groups in total. The van der Waals surface area contributed by atoms with E-state index in [1.807, 2.05) is 0 Å². The summed E-state index contributed by atoms with van der Waals surface area (Å²) in [6.45, 7) is 0. The third-order valence-corrected chi connectivity index (χ3v) is 12.3. The van der Waals surface area contributed by atoms with Gasteiger partial charge in [-0.1, -0.05) is 176 Å². The number of pyridine rings is 1. The lowest BCUT2D eigenvalue weighted by Crippen LogP contribution is -1.96. The van der Waals surface area contributed by atoms with Crippen LogP contribution < -0.4 is 0 Å². The molecule has 3 aromatic heterocycles. The van der Waals surface area contributed by atoms with Gasteiger partial charge in [0.25, 0.3) is 0 Å². The normalized spacial score (nSPS) is 11.5.